The topological polar surface area (TPSA) is 49.8 Å². The van der Waals surface area contributed by atoms with Crippen molar-refractivity contribution in [2.75, 3.05) is 13.7 Å². The van der Waals surface area contributed by atoms with E-state index in [1.165, 1.54) is 26.4 Å². The first-order valence-electron chi connectivity index (χ1n) is 7.23. The molecule has 0 aromatic carbocycles. The highest BCUT2D eigenvalue weighted by molar-refractivity contribution is 5.69. The van der Waals surface area contributed by atoms with Crippen LogP contribution >= 0.6 is 0 Å². The predicted octanol–water partition coefficient (Wildman–Crippen LogP) is 1.71. The summed E-state index contributed by atoms with van der Waals surface area (Å²) in [5.41, 5.74) is 0. The van der Waals surface area contributed by atoms with E-state index in [-0.39, 0.29) is 24.2 Å². The summed E-state index contributed by atoms with van der Waals surface area (Å²) in [5.74, 6) is -0.128. The molecule has 3 atom stereocenters. The molecule has 18 heavy (non-hydrogen) atoms. The number of rotatable bonds is 3. The average molecular weight is 255 g/mol. The summed E-state index contributed by atoms with van der Waals surface area (Å²) >= 11 is 0. The number of carbonyl (C=O) groups is 1. The van der Waals surface area contributed by atoms with E-state index >= 15 is 0 Å². The number of ether oxygens (including phenoxy) is 1. The molecule has 0 aromatic heterocycles. The van der Waals surface area contributed by atoms with E-state index in [9.17, 15) is 9.90 Å². The van der Waals surface area contributed by atoms with Gasteiger partial charge in [-0.3, -0.25) is 9.69 Å². The van der Waals surface area contributed by atoms with Crippen molar-refractivity contribution < 1.29 is 14.6 Å². The number of nitrogens with zero attached hydrogens (tertiary/aromatic N) is 1. The van der Waals surface area contributed by atoms with Crippen molar-refractivity contribution in [2.24, 2.45) is 0 Å². The number of hydrogen-bond donors (Lipinski definition) is 1. The van der Waals surface area contributed by atoms with Gasteiger partial charge in [0.05, 0.1) is 19.6 Å². The lowest BCUT2D eigenvalue weighted by atomic mass is 9.87. The van der Waals surface area contributed by atoms with Crippen LogP contribution in [0.2, 0.25) is 0 Å². The maximum Gasteiger partial charge on any atom is 0.307 e. The Morgan fingerprint density at radius 1 is 1.22 bits per heavy atom. The minimum absolute atomic E-state index is 0.128. The van der Waals surface area contributed by atoms with Gasteiger partial charge in [-0.25, -0.2) is 0 Å². The zero-order valence-electron chi connectivity index (χ0n) is 11.3. The number of aliphatic hydroxyl groups excluding tert-OH is 1. The fourth-order valence-electron chi connectivity index (χ4n) is 3.43. The lowest BCUT2D eigenvalue weighted by Crippen LogP contribution is -2.53. The number of aliphatic hydroxyl groups is 1. The molecule has 1 heterocycles. The monoisotopic (exact) mass is 255 g/mol. The number of piperidine rings is 1. The van der Waals surface area contributed by atoms with Gasteiger partial charge in [-0.2, -0.15) is 0 Å². The lowest BCUT2D eigenvalue weighted by molar-refractivity contribution is -0.143. The Labute approximate surface area is 109 Å². The van der Waals surface area contributed by atoms with E-state index in [4.69, 9.17) is 4.74 Å². The van der Waals surface area contributed by atoms with Crippen molar-refractivity contribution in [3.05, 3.63) is 0 Å². The van der Waals surface area contributed by atoms with Crippen LogP contribution in [0.5, 0.6) is 0 Å². The molecule has 0 amide bonds. The molecule has 1 aliphatic carbocycles. The Kier molecular flexibility index (Phi) is 5.01. The Hall–Kier alpha value is -0.610. The molecule has 0 spiro atoms. The van der Waals surface area contributed by atoms with Crippen molar-refractivity contribution in [3.63, 3.8) is 0 Å². The zero-order valence-corrected chi connectivity index (χ0v) is 11.3. The summed E-state index contributed by atoms with van der Waals surface area (Å²) in [6.07, 6.45) is 7.98. The van der Waals surface area contributed by atoms with Crippen molar-refractivity contribution >= 4 is 5.97 Å². The normalized spacial score (nSPS) is 34.2. The molecule has 1 saturated carbocycles. The van der Waals surface area contributed by atoms with Crippen LogP contribution in [0.1, 0.15) is 51.4 Å². The molecular formula is C14H25NO3. The second-order valence-corrected chi connectivity index (χ2v) is 5.59. The molecule has 4 nitrogen and oxygen atoms in total. The van der Waals surface area contributed by atoms with Crippen LogP contribution in [0.3, 0.4) is 0 Å². The van der Waals surface area contributed by atoms with Gasteiger partial charge in [0.15, 0.2) is 0 Å². The molecule has 1 saturated heterocycles. The van der Waals surface area contributed by atoms with Crippen LogP contribution < -0.4 is 0 Å². The first-order valence-corrected chi connectivity index (χ1v) is 7.23. The van der Waals surface area contributed by atoms with Gasteiger partial charge in [-0.05, 0) is 32.2 Å². The first kappa shape index (κ1) is 13.8. The van der Waals surface area contributed by atoms with Gasteiger partial charge in [-0.15, -0.1) is 0 Å². The Balaban J connectivity index is 1.99. The molecule has 0 bridgehead atoms. The summed E-state index contributed by atoms with van der Waals surface area (Å²) in [6.45, 7) is 1.02. The predicted molar refractivity (Wildman–Crippen MR) is 69.2 cm³/mol. The third kappa shape index (κ3) is 3.23. The van der Waals surface area contributed by atoms with Crippen molar-refractivity contribution in [2.45, 2.75) is 69.6 Å². The molecule has 0 radical (unpaired) electrons. The minimum atomic E-state index is -0.211. The molecule has 1 aliphatic heterocycles. The Bertz CT molecular complexity index is 282. The second-order valence-electron chi connectivity index (χ2n) is 5.59. The van der Waals surface area contributed by atoms with Crippen molar-refractivity contribution in [1.82, 2.24) is 4.90 Å². The third-order valence-electron chi connectivity index (χ3n) is 4.42. The number of esters is 1. The largest absolute Gasteiger partial charge is 0.469 e. The number of likely N-dealkylation sites (tertiary alicyclic amines) is 1. The highest BCUT2D eigenvalue weighted by atomic mass is 16.5. The highest BCUT2D eigenvalue weighted by Gasteiger charge is 2.35. The third-order valence-corrected chi connectivity index (χ3v) is 4.42. The van der Waals surface area contributed by atoms with Gasteiger partial charge >= 0.3 is 5.97 Å². The van der Waals surface area contributed by atoms with Crippen LogP contribution in [-0.2, 0) is 9.53 Å². The van der Waals surface area contributed by atoms with Crippen molar-refractivity contribution in [3.8, 4) is 0 Å². The van der Waals surface area contributed by atoms with Gasteiger partial charge in [-0.1, -0.05) is 19.3 Å². The Morgan fingerprint density at radius 3 is 2.67 bits per heavy atom. The fraction of sp³-hybridized carbons (Fsp3) is 0.929. The van der Waals surface area contributed by atoms with E-state index in [1.54, 1.807) is 0 Å². The van der Waals surface area contributed by atoms with E-state index in [0.717, 1.165) is 32.2 Å². The number of carbonyl (C=O) groups excluding carboxylic acids is 1. The van der Waals surface area contributed by atoms with E-state index in [2.05, 4.69) is 4.90 Å². The molecule has 2 fully saturated rings. The summed E-state index contributed by atoms with van der Waals surface area (Å²) < 4.78 is 4.79. The maximum atomic E-state index is 11.5. The number of methoxy groups -OCH3 is 1. The van der Waals surface area contributed by atoms with Crippen LogP contribution in [0, 0.1) is 0 Å². The fourth-order valence-corrected chi connectivity index (χ4v) is 3.43. The number of hydrogen-bond acceptors (Lipinski definition) is 4. The standard InChI is InChI=1S/C14H25NO3/c1-18-14(17)10-11-6-4-5-9-15(11)12-7-2-3-8-13(12)16/h11-13,16H,2-10H2,1H3. The molecular weight excluding hydrogens is 230 g/mol. The van der Waals surface area contributed by atoms with Crippen LogP contribution in [-0.4, -0.2) is 47.8 Å². The second kappa shape index (κ2) is 6.53. The van der Waals surface area contributed by atoms with Gasteiger partial charge < -0.3 is 9.84 Å². The molecule has 0 aromatic rings. The van der Waals surface area contributed by atoms with Gasteiger partial charge in [0.2, 0.25) is 0 Å². The average Bonchev–Trinajstić information content (AvgIpc) is 2.40. The summed E-state index contributed by atoms with van der Waals surface area (Å²) in [7, 11) is 1.45. The quantitative estimate of drug-likeness (QED) is 0.780. The Morgan fingerprint density at radius 2 is 1.94 bits per heavy atom. The van der Waals surface area contributed by atoms with Gasteiger partial charge in [0.1, 0.15) is 0 Å². The van der Waals surface area contributed by atoms with Crippen molar-refractivity contribution in [1.29, 1.82) is 0 Å². The molecule has 104 valence electrons. The lowest BCUT2D eigenvalue weighted by Gasteiger charge is -2.44. The smallest absolute Gasteiger partial charge is 0.307 e. The van der Waals surface area contributed by atoms with E-state index in [1.807, 2.05) is 0 Å². The van der Waals surface area contributed by atoms with Crippen LogP contribution in [0.25, 0.3) is 0 Å². The van der Waals surface area contributed by atoms with E-state index in [0.29, 0.717) is 6.42 Å². The molecule has 4 heteroatoms. The molecule has 1 N–H and O–H groups in total. The van der Waals surface area contributed by atoms with Crippen LogP contribution in [0.4, 0.5) is 0 Å². The van der Waals surface area contributed by atoms with Gasteiger partial charge in [0.25, 0.3) is 0 Å². The van der Waals surface area contributed by atoms with E-state index < -0.39 is 0 Å². The summed E-state index contributed by atoms with van der Waals surface area (Å²) in [5, 5.41) is 10.2. The summed E-state index contributed by atoms with van der Waals surface area (Å²) in [6, 6.07) is 0.526. The minimum Gasteiger partial charge on any atom is -0.469 e. The SMILES string of the molecule is COC(=O)CC1CCCCN1C1CCCCC1O. The van der Waals surface area contributed by atoms with Crippen LogP contribution in [0.15, 0.2) is 0 Å². The zero-order chi connectivity index (χ0) is 13.0. The highest BCUT2D eigenvalue weighted by Crippen LogP contribution is 2.30. The first-order chi connectivity index (χ1) is 8.72. The molecule has 3 unspecified atom stereocenters. The molecule has 2 rings (SSSR count). The van der Waals surface area contributed by atoms with Gasteiger partial charge in [0, 0.05) is 12.1 Å². The summed E-state index contributed by atoms with van der Waals surface area (Å²) in [4.78, 5) is 13.9. The molecule has 2 aliphatic rings. The maximum absolute atomic E-state index is 11.5.